The van der Waals surface area contributed by atoms with Gasteiger partial charge in [0, 0.05) is 31.0 Å². The molecule has 0 spiro atoms. The van der Waals surface area contributed by atoms with Crippen molar-refractivity contribution in [1.29, 1.82) is 0 Å². The molecular formula is C17H25N5O2S. The molecule has 3 heterocycles. The van der Waals surface area contributed by atoms with Gasteiger partial charge in [-0.1, -0.05) is 0 Å². The Morgan fingerprint density at radius 3 is 3.00 bits per heavy atom. The number of likely N-dealkylation sites (tertiary alicyclic amines) is 1. The van der Waals surface area contributed by atoms with Crippen molar-refractivity contribution in [3.8, 4) is 0 Å². The highest BCUT2D eigenvalue weighted by atomic mass is 32.1. The summed E-state index contributed by atoms with van der Waals surface area (Å²) in [4.78, 5) is 20.3. The number of carbonyl (C=O) groups is 1. The van der Waals surface area contributed by atoms with Crippen molar-refractivity contribution < 1.29 is 9.53 Å². The summed E-state index contributed by atoms with van der Waals surface area (Å²) in [6.45, 7) is 6.77. The fourth-order valence-electron chi connectivity index (χ4n) is 3.29. The molecule has 3 rings (SSSR count). The maximum atomic E-state index is 12.1. The Hall–Kier alpha value is -1.77. The Balaban J connectivity index is 1.72. The highest BCUT2D eigenvalue weighted by Crippen LogP contribution is 2.28. The fourth-order valence-corrected chi connectivity index (χ4v) is 4.24. The molecule has 2 aromatic rings. The lowest BCUT2D eigenvalue weighted by molar-refractivity contribution is -0.126. The van der Waals surface area contributed by atoms with Crippen LogP contribution >= 0.6 is 11.3 Å². The first-order valence-corrected chi connectivity index (χ1v) is 9.37. The van der Waals surface area contributed by atoms with Crippen molar-refractivity contribution in [2.24, 2.45) is 0 Å². The molecule has 1 aliphatic rings. The van der Waals surface area contributed by atoms with Crippen LogP contribution in [0.5, 0.6) is 0 Å². The number of rotatable bonds is 6. The van der Waals surface area contributed by atoms with E-state index in [0.717, 1.165) is 37.7 Å². The monoisotopic (exact) mass is 363 g/mol. The second-order valence-electron chi connectivity index (χ2n) is 6.54. The highest BCUT2D eigenvalue weighted by Gasteiger charge is 2.34. The largest absolute Gasteiger partial charge is 0.375 e. The predicted molar refractivity (Wildman–Crippen MR) is 96.6 cm³/mol. The first kappa shape index (κ1) is 18.0. The molecule has 1 fully saturated rings. The third kappa shape index (κ3) is 4.45. The van der Waals surface area contributed by atoms with E-state index in [1.165, 1.54) is 17.6 Å². The van der Waals surface area contributed by atoms with Crippen molar-refractivity contribution in [1.82, 2.24) is 25.4 Å². The number of methoxy groups -OCH3 is 1. The number of hydrogen-bond donors (Lipinski definition) is 2. The average molecular weight is 363 g/mol. The summed E-state index contributed by atoms with van der Waals surface area (Å²) in [7, 11) is 1.53. The van der Waals surface area contributed by atoms with Gasteiger partial charge in [-0.05, 0) is 43.8 Å². The SMILES string of the molecule is COCC(=O)N[C@@H]1CN(Cc2sccc2C)CC[C@@H]1c1n[nH]c(C)n1. The first-order chi connectivity index (χ1) is 12.1. The molecule has 2 atom stereocenters. The predicted octanol–water partition coefficient (Wildman–Crippen LogP) is 1.60. The molecule has 136 valence electrons. The highest BCUT2D eigenvalue weighted by molar-refractivity contribution is 7.10. The van der Waals surface area contributed by atoms with E-state index < -0.39 is 0 Å². The number of piperidine rings is 1. The van der Waals surface area contributed by atoms with Gasteiger partial charge in [0.05, 0.1) is 6.04 Å². The summed E-state index contributed by atoms with van der Waals surface area (Å²) in [6.07, 6.45) is 0.916. The zero-order valence-corrected chi connectivity index (χ0v) is 15.7. The van der Waals surface area contributed by atoms with E-state index in [2.05, 4.69) is 43.8 Å². The van der Waals surface area contributed by atoms with Gasteiger partial charge in [0.2, 0.25) is 5.91 Å². The smallest absolute Gasteiger partial charge is 0.246 e. The van der Waals surface area contributed by atoms with E-state index in [9.17, 15) is 4.79 Å². The van der Waals surface area contributed by atoms with Crippen LogP contribution in [-0.4, -0.2) is 58.8 Å². The second kappa shape index (κ2) is 8.07. The molecule has 1 saturated heterocycles. The number of ether oxygens (including phenoxy) is 1. The first-order valence-electron chi connectivity index (χ1n) is 8.49. The van der Waals surface area contributed by atoms with E-state index in [1.807, 2.05) is 6.92 Å². The Morgan fingerprint density at radius 2 is 2.36 bits per heavy atom. The lowest BCUT2D eigenvalue weighted by atomic mass is 9.90. The van der Waals surface area contributed by atoms with Crippen LogP contribution in [0.2, 0.25) is 0 Å². The maximum absolute atomic E-state index is 12.1. The number of nitrogens with one attached hydrogen (secondary N) is 2. The third-order valence-electron chi connectivity index (χ3n) is 4.60. The molecule has 7 nitrogen and oxygen atoms in total. The number of thiophene rings is 1. The van der Waals surface area contributed by atoms with Crippen LogP contribution in [-0.2, 0) is 16.1 Å². The minimum atomic E-state index is -0.0982. The van der Waals surface area contributed by atoms with Crippen LogP contribution in [0.1, 0.15) is 34.4 Å². The van der Waals surface area contributed by atoms with Crippen LogP contribution in [0.15, 0.2) is 11.4 Å². The van der Waals surface area contributed by atoms with E-state index in [4.69, 9.17) is 4.74 Å². The number of aryl methyl sites for hydroxylation is 2. The van der Waals surface area contributed by atoms with Crippen LogP contribution in [0.25, 0.3) is 0 Å². The maximum Gasteiger partial charge on any atom is 0.246 e. The second-order valence-corrected chi connectivity index (χ2v) is 7.54. The van der Waals surface area contributed by atoms with Gasteiger partial charge in [-0.25, -0.2) is 4.98 Å². The molecule has 1 amide bonds. The van der Waals surface area contributed by atoms with Gasteiger partial charge >= 0.3 is 0 Å². The van der Waals surface area contributed by atoms with Crippen LogP contribution < -0.4 is 5.32 Å². The molecule has 0 bridgehead atoms. The van der Waals surface area contributed by atoms with E-state index >= 15 is 0 Å². The Morgan fingerprint density at radius 1 is 1.52 bits per heavy atom. The van der Waals surface area contributed by atoms with Gasteiger partial charge in [-0.2, -0.15) is 5.10 Å². The number of carbonyl (C=O) groups excluding carboxylic acids is 1. The van der Waals surface area contributed by atoms with Crippen LogP contribution in [0.4, 0.5) is 0 Å². The van der Waals surface area contributed by atoms with Gasteiger partial charge < -0.3 is 10.1 Å². The van der Waals surface area contributed by atoms with Crippen molar-refractivity contribution in [2.45, 2.75) is 38.8 Å². The third-order valence-corrected chi connectivity index (χ3v) is 5.61. The number of hydrogen-bond acceptors (Lipinski definition) is 6. The van der Waals surface area contributed by atoms with Crippen LogP contribution in [0.3, 0.4) is 0 Å². The van der Waals surface area contributed by atoms with Crippen molar-refractivity contribution in [2.75, 3.05) is 26.8 Å². The molecule has 0 aliphatic carbocycles. The standard InChI is InChI=1S/C17H25N5O2S/c1-11-5-7-25-15(11)9-22-6-4-13(17-18-12(2)20-21-17)14(8-22)19-16(23)10-24-3/h5,7,13-14H,4,6,8-10H2,1-3H3,(H,19,23)(H,18,20,21)/t13-,14+/m0/s1. The summed E-state index contributed by atoms with van der Waals surface area (Å²) < 4.78 is 4.96. The van der Waals surface area contributed by atoms with Crippen LogP contribution in [0, 0.1) is 13.8 Å². The molecular weight excluding hydrogens is 338 g/mol. The zero-order valence-electron chi connectivity index (χ0n) is 14.9. The Kier molecular flexibility index (Phi) is 5.82. The van der Waals surface area contributed by atoms with Crippen molar-refractivity contribution in [3.63, 3.8) is 0 Å². The average Bonchev–Trinajstić information content (AvgIpc) is 3.17. The number of aromatic amines is 1. The molecule has 25 heavy (non-hydrogen) atoms. The quantitative estimate of drug-likeness (QED) is 0.815. The van der Waals surface area contributed by atoms with E-state index in [1.54, 1.807) is 11.3 Å². The number of aromatic nitrogens is 3. The van der Waals surface area contributed by atoms with E-state index in [-0.39, 0.29) is 24.5 Å². The number of H-pyrrole nitrogens is 1. The minimum absolute atomic E-state index is 0.0214. The molecule has 1 aliphatic heterocycles. The molecule has 0 aromatic carbocycles. The Labute approximate surface area is 151 Å². The summed E-state index contributed by atoms with van der Waals surface area (Å²) in [5, 5.41) is 12.5. The molecule has 0 saturated carbocycles. The molecule has 0 radical (unpaired) electrons. The van der Waals surface area contributed by atoms with Crippen molar-refractivity contribution in [3.05, 3.63) is 33.5 Å². The molecule has 2 N–H and O–H groups in total. The van der Waals surface area contributed by atoms with Crippen molar-refractivity contribution >= 4 is 17.2 Å². The van der Waals surface area contributed by atoms with Gasteiger partial charge in [0.1, 0.15) is 12.4 Å². The summed E-state index contributed by atoms with van der Waals surface area (Å²) in [5.41, 5.74) is 1.33. The van der Waals surface area contributed by atoms with Gasteiger partial charge in [0.15, 0.2) is 5.82 Å². The molecule has 8 heteroatoms. The zero-order chi connectivity index (χ0) is 17.8. The lowest BCUT2D eigenvalue weighted by Crippen LogP contribution is -2.52. The summed E-state index contributed by atoms with van der Waals surface area (Å²) in [5.74, 6) is 1.60. The topological polar surface area (TPSA) is 83.1 Å². The summed E-state index contributed by atoms with van der Waals surface area (Å²) in [6, 6.07) is 2.13. The number of amides is 1. The fraction of sp³-hybridized carbons (Fsp3) is 0.588. The molecule has 2 aromatic heterocycles. The Bertz CT molecular complexity index is 713. The molecule has 0 unspecified atom stereocenters. The minimum Gasteiger partial charge on any atom is -0.375 e. The normalized spacial score (nSPS) is 21.4. The van der Waals surface area contributed by atoms with Gasteiger partial charge in [0.25, 0.3) is 0 Å². The van der Waals surface area contributed by atoms with E-state index in [0.29, 0.717) is 0 Å². The van der Waals surface area contributed by atoms with Gasteiger partial charge in [-0.3, -0.25) is 14.8 Å². The van der Waals surface area contributed by atoms with Gasteiger partial charge in [-0.15, -0.1) is 11.3 Å². The lowest BCUT2D eigenvalue weighted by Gasteiger charge is -2.37. The summed E-state index contributed by atoms with van der Waals surface area (Å²) >= 11 is 1.79. The number of nitrogens with zero attached hydrogens (tertiary/aromatic N) is 3.